The molecule has 0 bridgehead atoms. The van der Waals surface area contributed by atoms with Gasteiger partial charge in [0.2, 0.25) is 0 Å². The van der Waals surface area contributed by atoms with E-state index in [1.807, 2.05) is 0 Å². The number of carbonyl (C=O) groups excluding carboxylic acids is 2. The van der Waals surface area contributed by atoms with Crippen molar-refractivity contribution < 1.29 is 49.2 Å². The lowest BCUT2D eigenvalue weighted by Gasteiger charge is -2.08. The molecule has 136 valence electrons. The Bertz CT molecular complexity index is 442. The van der Waals surface area contributed by atoms with E-state index in [0.29, 0.717) is 0 Å². The average molecular weight is 352 g/mol. The maximum absolute atomic E-state index is 10.2. The van der Waals surface area contributed by atoms with Crippen LogP contribution in [0.3, 0.4) is 0 Å². The zero-order chi connectivity index (χ0) is 19.4. The first kappa shape index (κ1) is 22.7. The van der Waals surface area contributed by atoms with Crippen LogP contribution in [0.5, 0.6) is 0 Å². The number of nitrogens with two attached hydrogens (primary N) is 2. The van der Waals surface area contributed by atoms with Crippen molar-refractivity contribution >= 4 is 35.9 Å². The summed E-state index contributed by atoms with van der Waals surface area (Å²) in [7, 11) is 0. The van der Waals surface area contributed by atoms with Gasteiger partial charge in [0.05, 0.1) is 12.8 Å². The number of carboxylic acids is 4. The molecule has 0 aromatic rings. The highest BCUT2D eigenvalue weighted by Crippen LogP contribution is 1.92. The Balaban J connectivity index is 0. The molecule has 0 radical (unpaired) electrons. The van der Waals surface area contributed by atoms with Gasteiger partial charge >= 0.3 is 35.9 Å². The summed E-state index contributed by atoms with van der Waals surface area (Å²) in [4.78, 5) is 60.9. The van der Waals surface area contributed by atoms with Crippen LogP contribution in [-0.4, -0.2) is 68.4 Å². The second-order valence-corrected chi connectivity index (χ2v) is 3.99. The highest BCUT2D eigenvalue weighted by Gasteiger charge is 2.22. The van der Waals surface area contributed by atoms with Gasteiger partial charge in [0.25, 0.3) is 0 Å². The minimum Gasteiger partial charge on any atom is -0.481 e. The summed E-state index contributed by atoms with van der Waals surface area (Å²) in [5, 5.41) is 36.6. The van der Waals surface area contributed by atoms with Gasteiger partial charge in [-0.15, -0.1) is 0 Å². The fourth-order valence-electron chi connectivity index (χ4n) is 1.09. The number of carboxylic acid groups (broad SMARTS) is 4. The Hall–Kier alpha value is -3.58. The molecule has 0 aliphatic heterocycles. The molecule has 0 aromatic carbocycles. The molecule has 0 rings (SSSR count). The molecule has 0 fully saturated rings. The summed E-state index contributed by atoms with van der Waals surface area (Å²) in [6.07, 6.45) is -1.39. The molecule has 0 heterocycles. The number of nitrogens with one attached hydrogen (secondary N) is 2. The van der Waals surface area contributed by atoms with Crippen molar-refractivity contribution in [2.75, 3.05) is 0 Å². The molecule has 0 aromatic heterocycles. The number of hydrogen-bond acceptors (Lipinski definition) is 6. The molecule has 14 heteroatoms. The van der Waals surface area contributed by atoms with E-state index in [1.165, 1.54) is 0 Å². The van der Waals surface area contributed by atoms with E-state index in [4.69, 9.17) is 20.4 Å². The molecule has 1 unspecified atom stereocenters. The predicted molar refractivity (Wildman–Crippen MR) is 72.8 cm³/mol. The maximum Gasteiger partial charge on any atom is 0.326 e. The lowest BCUT2D eigenvalue weighted by atomic mass is 10.2. The van der Waals surface area contributed by atoms with Gasteiger partial charge < -0.3 is 42.5 Å². The van der Waals surface area contributed by atoms with E-state index in [9.17, 15) is 28.8 Å². The van der Waals surface area contributed by atoms with E-state index >= 15 is 0 Å². The van der Waals surface area contributed by atoms with Crippen molar-refractivity contribution in [2.45, 2.75) is 24.9 Å². The van der Waals surface area contributed by atoms with Crippen molar-refractivity contribution in [2.24, 2.45) is 11.5 Å². The summed E-state index contributed by atoms with van der Waals surface area (Å²) in [6.45, 7) is 0. The molecule has 14 nitrogen and oxygen atoms in total. The SMILES string of the molecule is NC(=O)NC(CC(=O)O)C(=O)O.NC(=O)N[C@@H](CC(=O)O)C(=O)O. The summed E-state index contributed by atoms with van der Waals surface area (Å²) in [5.74, 6) is -5.51. The highest BCUT2D eigenvalue weighted by molar-refractivity contribution is 5.86. The van der Waals surface area contributed by atoms with Gasteiger partial charge in [0, 0.05) is 0 Å². The van der Waals surface area contributed by atoms with Crippen molar-refractivity contribution in [1.29, 1.82) is 0 Å². The molecule has 0 spiro atoms. The molecule has 0 saturated heterocycles. The van der Waals surface area contributed by atoms with E-state index < -0.39 is 60.9 Å². The second-order valence-electron chi connectivity index (χ2n) is 3.99. The van der Waals surface area contributed by atoms with Crippen molar-refractivity contribution in [1.82, 2.24) is 10.6 Å². The number of carbonyl (C=O) groups is 6. The minimum absolute atomic E-state index is 0.696. The number of amides is 4. The molecule has 0 aliphatic rings. The first-order chi connectivity index (χ1) is 10.9. The summed E-state index contributed by atoms with van der Waals surface area (Å²) < 4.78 is 0. The van der Waals surface area contributed by atoms with Crippen LogP contribution in [-0.2, 0) is 19.2 Å². The molecular formula is C10H16N4O10. The van der Waals surface area contributed by atoms with E-state index in [-0.39, 0.29) is 0 Å². The van der Waals surface area contributed by atoms with Crippen LogP contribution in [0.15, 0.2) is 0 Å². The van der Waals surface area contributed by atoms with Crippen molar-refractivity contribution in [3.63, 3.8) is 0 Å². The largest absolute Gasteiger partial charge is 0.481 e. The van der Waals surface area contributed by atoms with E-state index in [2.05, 4.69) is 11.5 Å². The number of hydrogen-bond donors (Lipinski definition) is 8. The Morgan fingerprint density at radius 1 is 0.667 bits per heavy atom. The van der Waals surface area contributed by atoms with Gasteiger partial charge in [-0.3, -0.25) is 9.59 Å². The van der Waals surface area contributed by atoms with E-state index in [1.54, 1.807) is 10.6 Å². The summed E-state index contributed by atoms with van der Waals surface area (Å²) in [5.41, 5.74) is 9.20. The molecule has 24 heavy (non-hydrogen) atoms. The monoisotopic (exact) mass is 352 g/mol. The zero-order valence-corrected chi connectivity index (χ0v) is 12.0. The fraction of sp³-hybridized carbons (Fsp3) is 0.400. The predicted octanol–water partition coefficient (Wildman–Crippen LogP) is -2.83. The number of rotatable bonds is 8. The quantitative estimate of drug-likeness (QED) is 0.222. The smallest absolute Gasteiger partial charge is 0.326 e. The van der Waals surface area contributed by atoms with Crippen LogP contribution < -0.4 is 22.1 Å². The van der Waals surface area contributed by atoms with Crippen LogP contribution >= 0.6 is 0 Å². The van der Waals surface area contributed by atoms with Gasteiger partial charge in [-0.1, -0.05) is 0 Å². The molecule has 2 atom stereocenters. The second kappa shape index (κ2) is 11.0. The van der Waals surface area contributed by atoms with Crippen LogP contribution in [0.25, 0.3) is 0 Å². The third-order valence-electron chi connectivity index (χ3n) is 1.99. The Kier molecular flexibility index (Phi) is 10.4. The molecule has 10 N–H and O–H groups in total. The first-order valence-electron chi connectivity index (χ1n) is 5.87. The van der Waals surface area contributed by atoms with Gasteiger partial charge in [-0.2, -0.15) is 0 Å². The third-order valence-corrected chi connectivity index (χ3v) is 1.99. The van der Waals surface area contributed by atoms with Gasteiger partial charge in [0.1, 0.15) is 12.1 Å². The number of aliphatic carboxylic acids is 4. The summed E-state index contributed by atoms with van der Waals surface area (Å²) >= 11 is 0. The Morgan fingerprint density at radius 3 is 1.04 bits per heavy atom. The normalized spacial score (nSPS) is 11.7. The number of primary amides is 2. The minimum atomic E-state index is -1.47. The topological polar surface area (TPSA) is 259 Å². The molecule has 4 amide bonds. The maximum atomic E-state index is 10.2. The third kappa shape index (κ3) is 13.4. The Morgan fingerprint density at radius 2 is 0.917 bits per heavy atom. The standard InChI is InChI=1S/2C5H8N2O5/c2*6-5(12)7-2(4(10)11)1-3(8)9/h2*2H,1H2,(H,8,9)(H,10,11)(H3,6,7,12)/t2-;/m0./s1. The first-order valence-corrected chi connectivity index (χ1v) is 5.87. The lowest BCUT2D eigenvalue weighted by molar-refractivity contribution is -0.145. The fourth-order valence-corrected chi connectivity index (χ4v) is 1.09. The van der Waals surface area contributed by atoms with Crippen molar-refractivity contribution in [3.8, 4) is 0 Å². The molecular weight excluding hydrogens is 336 g/mol. The van der Waals surface area contributed by atoms with Gasteiger partial charge in [0.15, 0.2) is 0 Å². The number of urea groups is 2. The van der Waals surface area contributed by atoms with Crippen LogP contribution in [0.1, 0.15) is 12.8 Å². The van der Waals surface area contributed by atoms with Crippen LogP contribution in [0.4, 0.5) is 9.59 Å². The van der Waals surface area contributed by atoms with Crippen molar-refractivity contribution in [3.05, 3.63) is 0 Å². The van der Waals surface area contributed by atoms with E-state index in [0.717, 1.165) is 0 Å². The van der Waals surface area contributed by atoms with Crippen LogP contribution in [0, 0.1) is 0 Å². The molecule has 0 aliphatic carbocycles. The van der Waals surface area contributed by atoms with Gasteiger partial charge in [-0.25, -0.2) is 19.2 Å². The molecule has 0 saturated carbocycles. The van der Waals surface area contributed by atoms with Gasteiger partial charge in [-0.05, 0) is 0 Å². The zero-order valence-electron chi connectivity index (χ0n) is 12.0. The Labute approximate surface area is 133 Å². The highest BCUT2D eigenvalue weighted by atomic mass is 16.4. The van der Waals surface area contributed by atoms with Crippen LogP contribution in [0.2, 0.25) is 0 Å². The average Bonchev–Trinajstić information content (AvgIpc) is 2.35. The lowest BCUT2D eigenvalue weighted by Crippen LogP contribution is -2.44. The summed E-state index contributed by atoms with van der Waals surface area (Å²) in [6, 6.07) is -5.08.